The second kappa shape index (κ2) is 46.8. The minimum Gasteiger partial charge on any atom is -0.387 e. The Balaban J connectivity index is 4.39. The van der Waals surface area contributed by atoms with Crippen LogP contribution in [0.1, 0.15) is 213 Å². The molecule has 0 bridgehead atoms. The zero-order valence-corrected chi connectivity index (χ0v) is 43.6. The SMILES string of the molecule is CC/C=C\C/C=C\C/C=C\C/C=C\C/C=C\C/C=C\CCC(=O)NC(COP(=O)(O)OCC[N+](C)(C)C)C(O)/C=C/CCCCCCCCCCCCCCCCCCCCCCCC. The molecule has 0 aliphatic heterocycles. The minimum absolute atomic E-state index is 0.0439. The van der Waals surface area contributed by atoms with E-state index < -0.39 is 20.0 Å². The summed E-state index contributed by atoms with van der Waals surface area (Å²) >= 11 is 0. The molecule has 0 spiro atoms. The number of rotatable bonds is 47. The Morgan fingerprint density at radius 2 is 0.923 bits per heavy atom. The maximum atomic E-state index is 12.9. The van der Waals surface area contributed by atoms with Crippen LogP contribution in [0.15, 0.2) is 85.1 Å². The topological polar surface area (TPSA) is 105 Å². The van der Waals surface area contributed by atoms with Gasteiger partial charge in [-0.25, -0.2) is 4.57 Å². The van der Waals surface area contributed by atoms with Gasteiger partial charge in [0.25, 0.3) is 0 Å². The quantitative estimate of drug-likeness (QED) is 0.0243. The van der Waals surface area contributed by atoms with Crippen molar-refractivity contribution in [3.63, 3.8) is 0 Å². The number of phosphoric acid groups is 1. The molecule has 1 amide bonds. The summed E-state index contributed by atoms with van der Waals surface area (Å²) in [5.74, 6) is -0.260. The number of nitrogens with one attached hydrogen (secondary N) is 1. The summed E-state index contributed by atoms with van der Waals surface area (Å²) in [7, 11) is 1.52. The van der Waals surface area contributed by atoms with Gasteiger partial charge in [0, 0.05) is 6.42 Å². The molecule has 0 fully saturated rings. The molecule has 376 valence electrons. The van der Waals surface area contributed by atoms with Crippen LogP contribution in [-0.2, 0) is 18.4 Å². The zero-order chi connectivity index (χ0) is 47.8. The molecule has 0 aliphatic carbocycles. The Bertz CT molecular complexity index is 1330. The maximum Gasteiger partial charge on any atom is 0.472 e. The van der Waals surface area contributed by atoms with E-state index in [1.165, 1.54) is 128 Å². The summed E-state index contributed by atoms with van der Waals surface area (Å²) in [5.41, 5.74) is 0. The van der Waals surface area contributed by atoms with Crippen LogP contribution in [0.4, 0.5) is 0 Å². The maximum absolute atomic E-state index is 12.9. The van der Waals surface area contributed by atoms with Crippen LogP contribution < -0.4 is 5.32 Å². The number of phosphoric ester groups is 1. The molecule has 0 aromatic heterocycles. The van der Waals surface area contributed by atoms with Crippen LogP contribution in [0.25, 0.3) is 0 Å². The molecule has 0 rings (SSSR count). The van der Waals surface area contributed by atoms with E-state index in [0.29, 0.717) is 17.4 Å². The van der Waals surface area contributed by atoms with E-state index in [4.69, 9.17) is 9.05 Å². The number of aliphatic hydroxyl groups excluding tert-OH is 1. The van der Waals surface area contributed by atoms with E-state index in [9.17, 15) is 19.4 Å². The van der Waals surface area contributed by atoms with Crippen molar-refractivity contribution in [3.05, 3.63) is 85.1 Å². The number of hydrogen-bond donors (Lipinski definition) is 3. The lowest BCUT2D eigenvalue weighted by Gasteiger charge is -2.25. The first kappa shape index (κ1) is 62.7. The average Bonchev–Trinajstić information content (AvgIpc) is 3.26. The third kappa shape index (κ3) is 49.4. The van der Waals surface area contributed by atoms with Gasteiger partial charge in [0.2, 0.25) is 5.91 Å². The molecular weight excluding hydrogens is 828 g/mol. The summed E-state index contributed by atoms with van der Waals surface area (Å²) in [6, 6.07) is -0.893. The first-order chi connectivity index (χ1) is 31.5. The Hall–Kier alpha value is -2.32. The first-order valence-electron chi connectivity index (χ1n) is 26.5. The van der Waals surface area contributed by atoms with Crippen molar-refractivity contribution in [1.29, 1.82) is 0 Å². The van der Waals surface area contributed by atoms with Gasteiger partial charge in [-0.2, -0.15) is 0 Å². The van der Waals surface area contributed by atoms with Crippen molar-refractivity contribution in [3.8, 4) is 0 Å². The highest BCUT2D eigenvalue weighted by Crippen LogP contribution is 2.43. The zero-order valence-electron chi connectivity index (χ0n) is 42.7. The van der Waals surface area contributed by atoms with E-state index in [-0.39, 0.29) is 25.5 Å². The number of likely N-dealkylation sites (N-methyl/N-ethyl adjacent to an activating group) is 1. The van der Waals surface area contributed by atoms with Crippen molar-refractivity contribution in [2.45, 2.75) is 225 Å². The van der Waals surface area contributed by atoms with E-state index >= 15 is 0 Å². The Labute approximate surface area is 401 Å². The van der Waals surface area contributed by atoms with Crippen LogP contribution in [-0.4, -0.2) is 73.4 Å². The van der Waals surface area contributed by atoms with Gasteiger partial charge in [-0.1, -0.05) is 234 Å². The lowest BCUT2D eigenvalue weighted by molar-refractivity contribution is -0.870. The van der Waals surface area contributed by atoms with Crippen LogP contribution in [0.2, 0.25) is 0 Å². The highest BCUT2D eigenvalue weighted by Gasteiger charge is 2.27. The standard InChI is InChI=1S/C56H101N2O6P/c1-6-8-10-12-14-16-18-20-22-24-26-27-28-29-30-32-33-35-37-39-41-43-45-47-49-55(59)54(53-64-65(61,62)63-52-51-58(3,4)5)57-56(60)50-48-46-44-42-40-38-36-34-31-25-23-21-19-17-15-13-11-9-7-2/h9,11,15,17,21,23,31,34,38,40,44,46-47,49,54-55,59H,6-8,10,12-14,16,18-20,22,24-30,32-33,35-37,39,41-43,45,48,50-53H2,1-5H3,(H-,57,60,61,62)/p+1/b11-9-,17-15-,23-21-,34-31-,40-38-,46-44-,49-47+. The van der Waals surface area contributed by atoms with Gasteiger partial charge in [0.1, 0.15) is 13.2 Å². The van der Waals surface area contributed by atoms with Crippen molar-refractivity contribution in [2.75, 3.05) is 40.9 Å². The molecule has 0 aromatic carbocycles. The molecule has 3 unspecified atom stereocenters. The molecule has 0 saturated heterocycles. The number of carbonyl (C=O) groups is 1. The number of quaternary nitrogens is 1. The van der Waals surface area contributed by atoms with Crippen molar-refractivity contribution >= 4 is 13.7 Å². The fourth-order valence-electron chi connectivity index (χ4n) is 7.24. The lowest BCUT2D eigenvalue weighted by Crippen LogP contribution is -2.45. The van der Waals surface area contributed by atoms with E-state index in [2.05, 4.69) is 79.9 Å². The summed E-state index contributed by atoms with van der Waals surface area (Å²) in [5, 5.41) is 13.8. The molecule has 0 aliphatic rings. The largest absolute Gasteiger partial charge is 0.472 e. The molecule has 0 heterocycles. The molecule has 0 aromatic rings. The molecule has 8 nitrogen and oxygen atoms in total. The molecule has 65 heavy (non-hydrogen) atoms. The number of nitrogens with zero attached hydrogens (tertiary/aromatic N) is 1. The van der Waals surface area contributed by atoms with Crippen LogP contribution >= 0.6 is 7.82 Å². The van der Waals surface area contributed by atoms with Gasteiger partial charge in [-0.05, 0) is 57.8 Å². The van der Waals surface area contributed by atoms with Crippen molar-refractivity contribution < 1.29 is 32.9 Å². The number of allylic oxidation sites excluding steroid dienone is 13. The van der Waals surface area contributed by atoms with E-state index in [1.807, 2.05) is 39.4 Å². The monoisotopic (exact) mass is 930 g/mol. The fraction of sp³-hybridized carbons (Fsp3) is 0.732. The molecule has 0 saturated carbocycles. The number of amides is 1. The third-order valence-electron chi connectivity index (χ3n) is 11.4. The predicted molar refractivity (Wildman–Crippen MR) is 281 cm³/mol. The highest BCUT2D eigenvalue weighted by molar-refractivity contribution is 7.47. The number of hydrogen-bond acceptors (Lipinski definition) is 5. The van der Waals surface area contributed by atoms with Crippen molar-refractivity contribution in [1.82, 2.24) is 5.32 Å². The molecule has 3 N–H and O–H groups in total. The number of aliphatic hydroxyl groups is 1. The normalized spacial score (nSPS) is 14.8. The molecular formula is C56H102N2O6P+. The Morgan fingerprint density at radius 1 is 0.538 bits per heavy atom. The summed E-state index contributed by atoms with van der Waals surface area (Å²) in [4.78, 5) is 23.2. The van der Waals surface area contributed by atoms with Gasteiger partial charge in [-0.3, -0.25) is 13.8 Å². The van der Waals surface area contributed by atoms with Gasteiger partial charge in [0.15, 0.2) is 0 Å². The third-order valence-corrected chi connectivity index (χ3v) is 12.4. The van der Waals surface area contributed by atoms with Crippen LogP contribution in [0, 0.1) is 0 Å². The lowest BCUT2D eigenvalue weighted by atomic mass is 10.0. The molecule has 3 atom stereocenters. The van der Waals surface area contributed by atoms with E-state index in [1.54, 1.807) is 6.08 Å². The second-order valence-electron chi connectivity index (χ2n) is 18.9. The van der Waals surface area contributed by atoms with Crippen LogP contribution in [0.3, 0.4) is 0 Å². The van der Waals surface area contributed by atoms with Gasteiger partial charge in [0.05, 0.1) is 39.9 Å². The van der Waals surface area contributed by atoms with Crippen molar-refractivity contribution in [2.24, 2.45) is 0 Å². The Kier molecular flexibility index (Phi) is 45.1. The molecule has 9 heteroatoms. The van der Waals surface area contributed by atoms with Gasteiger partial charge in [-0.15, -0.1) is 0 Å². The average molecular weight is 930 g/mol. The smallest absolute Gasteiger partial charge is 0.387 e. The van der Waals surface area contributed by atoms with E-state index in [0.717, 1.165) is 57.8 Å². The predicted octanol–water partition coefficient (Wildman–Crippen LogP) is 15.7. The van der Waals surface area contributed by atoms with Crippen LogP contribution in [0.5, 0.6) is 0 Å². The minimum atomic E-state index is -4.37. The highest BCUT2D eigenvalue weighted by atomic mass is 31.2. The summed E-state index contributed by atoms with van der Waals surface area (Å²) in [6.45, 7) is 4.65. The number of carbonyl (C=O) groups excluding carboxylic acids is 1. The fourth-order valence-corrected chi connectivity index (χ4v) is 7.98. The molecule has 0 radical (unpaired) electrons. The first-order valence-corrected chi connectivity index (χ1v) is 28.0. The van der Waals surface area contributed by atoms with Gasteiger partial charge < -0.3 is 19.8 Å². The second-order valence-corrected chi connectivity index (χ2v) is 20.3. The number of unbranched alkanes of at least 4 members (excludes halogenated alkanes) is 22. The Morgan fingerprint density at radius 3 is 1.32 bits per heavy atom. The summed E-state index contributed by atoms with van der Waals surface area (Å²) in [6.07, 6.45) is 65.5. The summed E-state index contributed by atoms with van der Waals surface area (Å²) < 4.78 is 23.6. The van der Waals surface area contributed by atoms with Gasteiger partial charge >= 0.3 is 7.82 Å².